The van der Waals surface area contributed by atoms with E-state index in [0.717, 1.165) is 69.5 Å². The third-order valence-corrected chi connectivity index (χ3v) is 6.68. The summed E-state index contributed by atoms with van der Waals surface area (Å²) in [6.07, 6.45) is 6.61. The summed E-state index contributed by atoms with van der Waals surface area (Å²) in [5.41, 5.74) is 8.48. The van der Waals surface area contributed by atoms with Gasteiger partial charge in [0.25, 0.3) is 0 Å². The predicted molar refractivity (Wildman–Crippen MR) is 150 cm³/mol. The lowest BCUT2D eigenvalue weighted by molar-refractivity contribution is -0.121. The molecule has 1 heterocycles. The van der Waals surface area contributed by atoms with Gasteiger partial charge in [0.2, 0.25) is 12.3 Å². The molecule has 2 atom stereocenters. The van der Waals surface area contributed by atoms with Crippen LogP contribution in [-0.2, 0) is 22.6 Å². The van der Waals surface area contributed by atoms with Crippen LogP contribution < -0.4 is 21.1 Å². The minimum atomic E-state index is 0.120. The summed E-state index contributed by atoms with van der Waals surface area (Å²) in [5, 5.41) is 5.69. The highest BCUT2D eigenvalue weighted by molar-refractivity contribution is 5.75. The van der Waals surface area contributed by atoms with E-state index < -0.39 is 0 Å². The van der Waals surface area contributed by atoms with Gasteiger partial charge in [-0.15, -0.1) is 0 Å². The van der Waals surface area contributed by atoms with Gasteiger partial charge in [0.05, 0.1) is 7.11 Å². The fraction of sp³-hybridized carbons (Fsp3) is 0.533. The lowest BCUT2D eigenvalue weighted by Gasteiger charge is -2.28. The Kier molecular flexibility index (Phi) is 14.4. The number of aryl methyl sites for hydroxylation is 1. The van der Waals surface area contributed by atoms with Gasteiger partial charge in [0, 0.05) is 44.7 Å². The van der Waals surface area contributed by atoms with Gasteiger partial charge in [-0.1, -0.05) is 56.3 Å². The summed E-state index contributed by atoms with van der Waals surface area (Å²) in [6.45, 7) is 7.64. The highest BCUT2D eigenvalue weighted by Gasteiger charge is 2.25. The van der Waals surface area contributed by atoms with Crippen molar-refractivity contribution >= 4 is 12.3 Å². The first kappa shape index (κ1) is 30.3. The number of carbonyl (C=O) groups excluding carboxylic acids is 2. The molecule has 2 amide bonds. The smallest absolute Gasteiger partial charge is 0.220 e. The predicted octanol–water partition coefficient (Wildman–Crippen LogP) is 3.90. The second-order valence-corrected chi connectivity index (χ2v) is 10.1. The van der Waals surface area contributed by atoms with Crippen molar-refractivity contribution in [1.29, 1.82) is 0 Å². The Labute approximate surface area is 223 Å². The maximum absolute atomic E-state index is 11.5. The zero-order chi connectivity index (χ0) is 26.9. The Morgan fingerprint density at radius 1 is 1.08 bits per heavy atom. The second-order valence-electron chi connectivity index (χ2n) is 10.1. The summed E-state index contributed by atoms with van der Waals surface area (Å²) in [5.74, 6) is 1.52. The van der Waals surface area contributed by atoms with E-state index in [1.54, 1.807) is 7.11 Å². The highest BCUT2D eigenvalue weighted by atomic mass is 16.5. The van der Waals surface area contributed by atoms with E-state index in [1.807, 2.05) is 24.3 Å². The highest BCUT2D eigenvalue weighted by Crippen LogP contribution is 2.18. The van der Waals surface area contributed by atoms with Crippen molar-refractivity contribution in [3.05, 3.63) is 65.7 Å². The van der Waals surface area contributed by atoms with Crippen molar-refractivity contribution in [3.63, 3.8) is 0 Å². The van der Waals surface area contributed by atoms with Crippen molar-refractivity contribution in [3.8, 4) is 5.75 Å². The zero-order valence-electron chi connectivity index (χ0n) is 22.8. The Hall–Kier alpha value is -2.90. The number of hydrogen-bond donors (Lipinski definition) is 3. The summed E-state index contributed by atoms with van der Waals surface area (Å²) in [4.78, 5) is 24.4. The van der Waals surface area contributed by atoms with Crippen LogP contribution >= 0.6 is 0 Å². The number of carbonyl (C=O) groups is 2. The largest absolute Gasteiger partial charge is 0.497 e. The molecule has 2 unspecified atom stereocenters. The molecule has 2 aromatic carbocycles. The average Bonchev–Trinajstić information content (AvgIpc) is 3.35. The first-order valence-electron chi connectivity index (χ1n) is 13.5. The fourth-order valence-corrected chi connectivity index (χ4v) is 4.40. The molecule has 0 radical (unpaired) electrons. The van der Waals surface area contributed by atoms with E-state index in [1.165, 1.54) is 5.56 Å². The van der Waals surface area contributed by atoms with Crippen LogP contribution in [0.3, 0.4) is 0 Å². The number of amides is 2. The van der Waals surface area contributed by atoms with Gasteiger partial charge in [-0.2, -0.15) is 0 Å². The van der Waals surface area contributed by atoms with Crippen LogP contribution in [0.2, 0.25) is 0 Å². The topological polar surface area (TPSA) is 96.7 Å². The van der Waals surface area contributed by atoms with Gasteiger partial charge < -0.3 is 21.1 Å². The average molecular weight is 511 g/mol. The Morgan fingerprint density at radius 3 is 2.41 bits per heavy atom. The lowest BCUT2D eigenvalue weighted by atomic mass is 10.0. The summed E-state index contributed by atoms with van der Waals surface area (Å²) >= 11 is 0. The van der Waals surface area contributed by atoms with Crippen LogP contribution in [0.25, 0.3) is 0 Å². The molecule has 7 nitrogen and oxygen atoms in total. The first-order valence-corrected chi connectivity index (χ1v) is 13.5. The first-order chi connectivity index (χ1) is 17.9. The maximum atomic E-state index is 11.5. The Balaban J connectivity index is 0.000000264. The normalized spacial score (nSPS) is 16.0. The van der Waals surface area contributed by atoms with Gasteiger partial charge in [0.1, 0.15) is 5.75 Å². The van der Waals surface area contributed by atoms with Crippen LogP contribution in [0.15, 0.2) is 54.6 Å². The zero-order valence-corrected chi connectivity index (χ0v) is 22.8. The molecular formula is C30H46N4O3. The molecule has 0 saturated carbocycles. The molecule has 1 fully saturated rings. The Bertz CT molecular complexity index is 889. The quantitative estimate of drug-likeness (QED) is 0.265. The van der Waals surface area contributed by atoms with Crippen molar-refractivity contribution in [1.82, 2.24) is 15.5 Å². The molecule has 0 spiro atoms. The van der Waals surface area contributed by atoms with Gasteiger partial charge in [-0.25, -0.2) is 0 Å². The molecule has 204 valence electrons. The van der Waals surface area contributed by atoms with E-state index in [2.05, 4.69) is 59.7 Å². The van der Waals surface area contributed by atoms with Crippen molar-refractivity contribution in [2.45, 2.75) is 71.0 Å². The van der Waals surface area contributed by atoms with E-state index in [9.17, 15) is 9.59 Å². The number of nitrogens with one attached hydrogen (secondary N) is 2. The third kappa shape index (κ3) is 12.8. The van der Waals surface area contributed by atoms with E-state index in [4.69, 9.17) is 10.5 Å². The van der Waals surface area contributed by atoms with Gasteiger partial charge >= 0.3 is 0 Å². The molecule has 1 saturated heterocycles. The van der Waals surface area contributed by atoms with E-state index in [-0.39, 0.29) is 5.91 Å². The molecule has 4 N–H and O–H groups in total. The number of rotatable bonds is 14. The summed E-state index contributed by atoms with van der Waals surface area (Å²) in [7, 11) is 1.64. The lowest BCUT2D eigenvalue weighted by Crippen LogP contribution is -2.37. The molecule has 1 aliphatic rings. The minimum Gasteiger partial charge on any atom is -0.497 e. The molecular weight excluding hydrogens is 464 g/mol. The number of nitrogens with two attached hydrogens (primary N) is 1. The number of likely N-dealkylation sites (tertiary alicyclic amines) is 1. The molecule has 2 aromatic rings. The number of benzene rings is 2. The molecule has 0 bridgehead atoms. The van der Waals surface area contributed by atoms with Gasteiger partial charge in [0.15, 0.2) is 0 Å². The molecule has 3 rings (SSSR count). The minimum absolute atomic E-state index is 0.120. The van der Waals surface area contributed by atoms with Gasteiger partial charge in [-0.3, -0.25) is 14.5 Å². The molecule has 0 aromatic heterocycles. The number of ether oxygens (including phenoxy) is 1. The standard InChI is InChI=1S/C16H25N3O.C14H21NO2/c17-15-9-11-19(12-15)16(8-10-18-13-20)7-6-14-4-2-1-3-5-14;1-11(2)4-9-14(16)15-10-12-5-7-13(17-3)8-6-12/h1-5,13,15-16H,6-12,17H2,(H,18,20);5-8,11H,4,9-10H2,1-3H3,(H,15,16). The fourth-order valence-electron chi connectivity index (χ4n) is 4.40. The Morgan fingerprint density at radius 2 is 1.81 bits per heavy atom. The molecule has 0 aliphatic carbocycles. The van der Waals surface area contributed by atoms with Crippen LogP contribution in [0.4, 0.5) is 0 Å². The van der Waals surface area contributed by atoms with Crippen molar-refractivity contribution in [2.24, 2.45) is 11.7 Å². The van der Waals surface area contributed by atoms with Crippen LogP contribution in [0, 0.1) is 5.92 Å². The maximum Gasteiger partial charge on any atom is 0.220 e. The SMILES string of the molecule is COc1ccc(CNC(=O)CCC(C)C)cc1.NC1CCN(C(CCNC=O)CCc2ccccc2)C1. The third-order valence-electron chi connectivity index (χ3n) is 6.68. The summed E-state index contributed by atoms with van der Waals surface area (Å²) < 4.78 is 5.07. The summed E-state index contributed by atoms with van der Waals surface area (Å²) in [6, 6.07) is 19.1. The number of nitrogens with zero attached hydrogens (tertiary/aromatic N) is 1. The molecule has 37 heavy (non-hydrogen) atoms. The molecule has 7 heteroatoms. The van der Waals surface area contributed by atoms with Crippen LogP contribution in [0.1, 0.15) is 57.1 Å². The van der Waals surface area contributed by atoms with Crippen LogP contribution in [0.5, 0.6) is 5.75 Å². The van der Waals surface area contributed by atoms with Crippen molar-refractivity contribution < 1.29 is 14.3 Å². The van der Waals surface area contributed by atoms with Crippen molar-refractivity contribution in [2.75, 3.05) is 26.7 Å². The monoisotopic (exact) mass is 510 g/mol. The number of hydrogen-bond acceptors (Lipinski definition) is 5. The molecule has 1 aliphatic heterocycles. The second kappa shape index (κ2) is 17.5. The number of methoxy groups -OCH3 is 1. The van der Waals surface area contributed by atoms with E-state index >= 15 is 0 Å². The van der Waals surface area contributed by atoms with Gasteiger partial charge in [-0.05, 0) is 61.3 Å². The van der Waals surface area contributed by atoms with E-state index in [0.29, 0.717) is 31.0 Å². The van der Waals surface area contributed by atoms with Crippen LogP contribution in [-0.4, -0.2) is 56.0 Å².